The molecule has 2 aromatic carbocycles. The van der Waals surface area contributed by atoms with Crippen molar-refractivity contribution in [3.05, 3.63) is 53.6 Å². The normalized spacial score (nSPS) is 14.3. The zero-order valence-corrected chi connectivity index (χ0v) is 19.6. The summed E-state index contributed by atoms with van der Waals surface area (Å²) in [5.74, 6) is 0.147. The quantitative estimate of drug-likeness (QED) is 0.504. The summed E-state index contributed by atoms with van der Waals surface area (Å²) in [5.41, 5.74) is 1.63. The number of piperidine rings is 1. The molecule has 1 aromatic heterocycles. The van der Waals surface area contributed by atoms with Crippen molar-refractivity contribution < 1.29 is 19.4 Å². The lowest BCUT2D eigenvalue weighted by Gasteiger charge is -2.30. The largest absolute Gasteiger partial charge is 0.495 e. The Morgan fingerprint density at radius 1 is 1.15 bits per heavy atom. The van der Waals surface area contributed by atoms with Crippen LogP contribution in [0.15, 0.2) is 53.7 Å². The van der Waals surface area contributed by atoms with Gasteiger partial charge in [-0.25, -0.2) is 0 Å². The van der Waals surface area contributed by atoms with Gasteiger partial charge in [0.1, 0.15) is 5.75 Å². The molecule has 0 radical (unpaired) electrons. The molecule has 4 rings (SSSR count). The number of carboxylic acids is 1. The number of halogens is 1. The highest BCUT2D eigenvalue weighted by molar-refractivity contribution is 7.99. The van der Waals surface area contributed by atoms with Crippen LogP contribution in [-0.4, -0.2) is 62.6 Å². The third kappa shape index (κ3) is 5.15. The van der Waals surface area contributed by atoms with Crippen LogP contribution in [0.2, 0.25) is 5.02 Å². The Kier molecular flexibility index (Phi) is 7.20. The molecule has 0 saturated carbocycles. The van der Waals surface area contributed by atoms with E-state index in [4.69, 9.17) is 21.4 Å². The lowest BCUT2D eigenvalue weighted by Crippen LogP contribution is -2.41. The maximum absolute atomic E-state index is 12.8. The molecule has 172 valence electrons. The van der Waals surface area contributed by atoms with Crippen molar-refractivity contribution in [1.29, 1.82) is 0 Å². The van der Waals surface area contributed by atoms with Crippen LogP contribution in [0.1, 0.15) is 12.8 Å². The molecular weight excluding hydrogens is 464 g/mol. The SMILES string of the molecule is COc1ccc(-n2c(SCC(=O)N3CCC(C(=O)O)CC3)nnc2-c2ccccc2)cc1Cl. The molecule has 1 aliphatic rings. The fourth-order valence-electron chi connectivity index (χ4n) is 3.76. The third-order valence-corrected chi connectivity index (χ3v) is 6.79. The van der Waals surface area contributed by atoms with Gasteiger partial charge in [0.25, 0.3) is 0 Å². The summed E-state index contributed by atoms with van der Waals surface area (Å²) >= 11 is 7.66. The van der Waals surface area contributed by atoms with Gasteiger partial charge in [0, 0.05) is 18.7 Å². The van der Waals surface area contributed by atoms with Crippen LogP contribution < -0.4 is 4.74 Å². The van der Waals surface area contributed by atoms with E-state index in [9.17, 15) is 9.59 Å². The maximum atomic E-state index is 12.8. The number of benzene rings is 2. The van der Waals surface area contributed by atoms with E-state index in [1.807, 2.05) is 41.0 Å². The van der Waals surface area contributed by atoms with E-state index >= 15 is 0 Å². The van der Waals surface area contributed by atoms with E-state index in [1.165, 1.54) is 11.8 Å². The number of methoxy groups -OCH3 is 1. The van der Waals surface area contributed by atoms with Crippen molar-refractivity contribution in [2.75, 3.05) is 26.0 Å². The number of carbonyl (C=O) groups is 2. The summed E-state index contributed by atoms with van der Waals surface area (Å²) in [6.07, 6.45) is 0.953. The predicted octanol–water partition coefficient (Wildman–Crippen LogP) is 4.01. The summed E-state index contributed by atoms with van der Waals surface area (Å²) in [5, 5.41) is 18.9. The van der Waals surface area contributed by atoms with E-state index in [-0.39, 0.29) is 17.6 Å². The summed E-state index contributed by atoms with van der Waals surface area (Å²) < 4.78 is 7.14. The standard InChI is InChI=1S/C23H23ClN4O4S/c1-32-19-8-7-17(13-18(19)24)28-21(15-5-3-2-4-6-15)25-26-23(28)33-14-20(29)27-11-9-16(10-12-27)22(30)31/h2-8,13,16H,9-12,14H2,1H3,(H,30,31). The minimum Gasteiger partial charge on any atom is -0.495 e. The van der Waals surface area contributed by atoms with E-state index in [2.05, 4.69) is 10.2 Å². The summed E-state index contributed by atoms with van der Waals surface area (Å²) in [6.45, 7) is 0.902. The summed E-state index contributed by atoms with van der Waals surface area (Å²) in [6, 6.07) is 15.1. The van der Waals surface area contributed by atoms with Gasteiger partial charge in [-0.05, 0) is 31.0 Å². The number of aromatic nitrogens is 3. The first-order valence-electron chi connectivity index (χ1n) is 10.5. The third-order valence-electron chi connectivity index (χ3n) is 5.58. The molecule has 10 heteroatoms. The van der Waals surface area contributed by atoms with Gasteiger partial charge in [-0.2, -0.15) is 0 Å². The smallest absolute Gasteiger partial charge is 0.306 e. The number of likely N-dealkylation sites (tertiary alicyclic amines) is 1. The Morgan fingerprint density at radius 3 is 2.52 bits per heavy atom. The number of hydrogen-bond acceptors (Lipinski definition) is 6. The van der Waals surface area contributed by atoms with Gasteiger partial charge >= 0.3 is 5.97 Å². The lowest BCUT2D eigenvalue weighted by molar-refractivity contribution is -0.145. The van der Waals surface area contributed by atoms with Crippen LogP contribution in [0.25, 0.3) is 17.1 Å². The molecule has 3 aromatic rings. The highest BCUT2D eigenvalue weighted by atomic mass is 35.5. The number of ether oxygens (including phenoxy) is 1. The predicted molar refractivity (Wildman–Crippen MR) is 126 cm³/mol. The van der Waals surface area contributed by atoms with Gasteiger partial charge in [0.05, 0.1) is 29.5 Å². The first-order chi connectivity index (χ1) is 16.0. The second-order valence-electron chi connectivity index (χ2n) is 7.61. The first kappa shape index (κ1) is 23.1. The fourth-order valence-corrected chi connectivity index (χ4v) is 4.86. The van der Waals surface area contributed by atoms with Crippen molar-refractivity contribution in [1.82, 2.24) is 19.7 Å². The van der Waals surface area contributed by atoms with Crippen LogP contribution in [0.3, 0.4) is 0 Å². The average molecular weight is 487 g/mol. The highest BCUT2D eigenvalue weighted by Crippen LogP contribution is 2.32. The Morgan fingerprint density at radius 2 is 1.88 bits per heavy atom. The molecule has 0 unspecified atom stereocenters. The van der Waals surface area contributed by atoms with Crippen LogP contribution in [0, 0.1) is 5.92 Å². The molecule has 33 heavy (non-hydrogen) atoms. The number of amides is 1. The fraction of sp³-hybridized carbons (Fsp3) is 0.304. The van der Waals surface area contributed by atoms with E-state index in [0.717, 1.165) is 11.3 Å². The molecule has 1 aliphatic heterocycles. The van der Waals surface area contributed by atoms with Gasteiger partial charge in [0.15, 0.2) is 11.0 Å². The van der Waals surface area contributed by atoms with E-state index in [1.54, 1.807) is 24.1 Å². The monoisotopic (exact) mass is 486 g/mol. The molecule has 1 fully saturated rings. The molecular formula is C23H23ClN4O4S. The number of rotatable bonds is 7. The molecule has 0 atom stereocenters. The van der Waals surface area contributed by atoms with Gasteiger partial charge in [-0.1, -0.05) is 53.7 Å². The van der Waals surface area contributed by atoms with Crippen molar-refractivity contribution >= 4 is 35.2 Å². The van der Waals surface area contributed by atoms with Gasteiger partial charge in [-0.3, -0.25) is 14.2 Å². The number of aliphatic carboxylic acids is 1. The topological polar surface area (TPSA) is 97.5 Å². The second-order valence-corrected chi connectivity index (χ2v) is 8.96. The Bertz CT molecular complexity index is 1150. The van der Waals surface area contributed by atoms with Crippen LogP contribution in [0.5, 0.6) is 5.75 Å². The van der Waals surface area contributed by atoms with E-state index in [0.29, 0.717) is 47.7 Å². The van der Waals surface area contributed by atoms with Crippen molar-refractivity contribution in [2.45, 2.75) is 18.0 Å². The summed E-state index contributed by atoms with van der Waals surface area (Å²) in [7, 11) is 1.56. The van der Waals surface area contributed by atoms with Crippen LogP contribution >= 0.6 is 23.4 Å². The van der Waals surface area contributed by atoms with Gasteiger partial charge in [0.2, 0.25) is 5.91 Å². The minimum absolute atomic E-state index is 0.0487. The van der Waals surface area contributed by atoms with Gasteiger partial charge in [-0.15, -0.1) is 10.2 Å². The maximum Gasteiger partial charge on any atom is 0.306 e. The zero-order chi connectivity index (χ0) is 23.4. The molecule has 1 amide bonds. The Labute approximate surface area is 200 Å². The average Bonchev–Trinajstić information content (AvgIpc) is 3.27. The Balaban J connectivity index is 1.57. The number of hydrogen-bond donors (Lipinski definition) is 1. The first-order valence-corrected chi connectivity index (χ1v) is 11.8. The van der Waals surface area contributed by atoms with E-state index < -0.39 is 5.97 Å². The molecule has 1 N–H and O–H groups in total. The zero-order valence-electron chi connectivity index (χ0n) is 18.0. The van der Waals surface area contributed by atoms with Crippen LogP contribution in [-0.2, 0) is 9.59 Å². The van der Waals surface area contributed by atoms with Crippen molar-refractivity contribution in [3.8, 4) is 22.8 Å². The second kappa shape index (κ2) is 10.3. The van der Waals surface area contributed by atoms with Crippen molar-refractivity contribution in [3.63, 3.8) is 0 Å². The minimum atomic E-state index is -0.795. The molecule has 0 spiro atoms. The van der Waals surface area contributed by atoms with Gasteiger partial charge < -0.3 is 14.7 Å². The molecule has 0 bridgehead atoms. The van der Waals surface area contributed by atoms with Crippen LogP contribution in [0.4, 0.5) is 0 Å². The Hall–Kier alpha value is -3.04. The number of carboxylic acid groups (broad SMARTS) is 1. The lowest BCUT2D eigenvalue weighted by atomic mass is 9.97. The number of thioether (sulfide) groups is 1. The molecule has 2 heterocycles. The molecule has 1 saturated heterocycles. The number of carbonyl (C=O) groups excluding carboxylic acids is 1. The number of nitrogens with zero attached hydrogens (tertiary/aromatic N) is 4. The highest BCUT2D eigenvalue weighted by Gasteiger charge is 2.27. The molecule has 0 aliphatic carbocycles. The van der Waals surface area contributed by atoms with Crippen molar-refractivity contribution in [2.24, 2.45) is 5.92 Å². The molecule has 8 nitrogen and oxygen atoms in total. The summed E-state index contributed by atoms with van der Waals surface area (Å²) in [4.78, 5) is 25.6.